The van der Waals surface area contributed by atoms with Crippen LogP contribution in [0.4, 0.5) is 13.2 Å². The maximum atomic E-state index is 13.7. The number of hydrogen-bond acceptors (Lipinski definition) is 4. The number of fused-ring (bicyclic) bond motifs is 1. The third kappa shape index (κ3) is 3.07. The van der Waals surface area contributed by atoms with E-state index in [9.17, 15) is 18.0 Å². The van der Waals surface area contributed by atoms with E-state index >= 15 is 0 Å². The average molecular weight is 406 g/mol. The third-order valence-electron chi connectivity index (χ3n) is 5.35. The summed E-state index contributed by atoms with van der Waals surface area (Å²) in [6.07, 6.45) is -1.95. The lowest BCUT2D eigenvalue weighted by atomic mass is 10.1. The van der Waals surface area contributed by atoms with Crippen LogP contribution in [0.1, 0.15) is 36.6 Å². The summed E-state index contributed by atoms with van der Waals surface area (Å²) in [6.45, 7) is 1.15. The van der Waals surface area contributed by atoms with E-state index in [0.29, 0.717) is 35.8 Å². The molecule has 4 heterocycles. The van der Waals surface area contributed by atoms with Crippen LogP contribution in [0, 0.1) is 5.92 Å². The molecule has 0 bridgehead atoms. The van der Waals surface area contributed by atoms with E-state index in [1.165, 1.54) is 11.3 Å². The van der Waals surface area contributed by atoms with Crippen molar-refractivity contribution >= 4 is 22.9 Å². The van der Waals surface area contributed by atoms with Gasteiger partial charge in [-0.1, -0.05) is 6.07 Å². The van der Waals surface area contributed by atoms with Gasteiger partial charge in [0.2, 0.25) is 5.91 Å². The van der Waals surface area contributed by atoms with Gasteiger partial charge in [-0.3, -0.25) is 4.79 Å². The second-order valence-corrected chi connectivity index (χ2v) is 8.33. The minimum Gasteiger partial charge on any atom is -0.342 e. The van der Waals surface area contributed by atoms with Gasteiger partial charge in [-0.25, -0.2) is 9.50 Å². The quantitative estimate of drug-likeness (QED) is 0.655. The molecule has 0 N–H and O–H groups in total. The van der Waals surface area contributed by atoms with Crippen LogP contribution >= 0.6 is 11.3 Å². The Morgan fingerprint density at radius 1 is 1.21 bits per heavy atom. The van der Waals surface area contributed by atoms with E-state index in [2.05, 4.69) is 10.1 Å². The molecule has 1 aliphatic heterocycles. The van der Waals surface area contributed by atoms with Crippen LogP contribution in [0.5, 0.6) is 0 Å². The van der Waals surface area contributed by atoms with Crippen molar-refractivity contribution < 1.29 is 18.0 Å². The molecule has 1 saturated heterocycles. The standard InChI is InChI=1S/C19H17F3N4OS/c20-19(21,22)16-8-14(15-2-1-7-28-15)23-17-9-13(24-26(16)17)12-5-6-25(10-12)18(27)11-3-4-11/h1-2,7-9,11-12H,3-6,10H2/t12-/m1/s1. The Kier molecular flexibility index (Phi) is 3.97. The summed E-state index contributed by atoms with van der Waals surface area (Å²) in [5.41, 5.74) is 0.196. The van der Waals surface area contributed by atoms with Gasteiger partial charge in [0.05, 0.1) is 16.3 Å². The molecule has 5 rings (SSSR count). The second-order valence-electron chi connectivity index (χ2n) is 7.39. The molecular formula is C19H17F3N4OS. The molecule has 0 radical (unpaired) electrons. The minimum absolute atomic E-state index is 0.0596. The highest BCUT2D eigenvalue weighted by Gasteiger charge is 2.39. The van der Waals surface area contributed by atoms with Gasteiger partial charge in [0.1, 0.15) is 0 Å². The average Bonchev–Trinajstić information content (AvgIpc) is 3.06. The molecule has 5 nitrogen and oxygen atoms in total. The zero-order valence-corrected chi connectivity index (χ0v) is 15.6. The number of rotatable bonds is 3. The summed E-state index contributed by atoms with van der Waals surface area (Å²) in [6, 6.07) is 6.21. The number of alkyl halides is 3. The van der Waals surface area contributed by atoms with Gasteiger partial charge in [0, 0.05) is 31.0 Å². The second kappa shape index (κ2) is 6.30. The van der Waals surface area contributed by atoms with Crippen LogP contribution in [0.25, 0.3) is 16.2 Å². The fourth-order valence-electron chi connectivity index (χ4n) is 3.73. The van der Waals surface area contributed by atoms with Crippen LogP contribution < -0.4 is 0 Å². The number of thiophene rings is 1. The SMILES string of the molecule is O=C(C1CC1)N1CC[C@@H](c2cc3nc(-c4cccs4)cc(C(F)(F)F)n3n2)C1. The summed E-state index contributed by atoms with van der Waals surface area (Å²) in [7, 11) is 0. The lowest BCUT2D eigenvalue weighted by Crippen LogP contribution is -2.29. The number of hydrogen-bond donors (Lipinski definition) is 0. The van der Waals surface area contributed by atoms with Crippen LogP contribution in [0.3, 0.4) is 0 Å². The fraction of sp³-hybridized carbons (Fsp3) is 0.421. The van der Waals surface area contributed by atoms with Crippen molar-refractivity contribution in [3.8, 4) is 10.6 Å². The summed E-state index contributed by atoms with van der Waals surface area (Å²) in [5.74, 6) is 0.252. The summed E-state index contributed by atoms with van der Waals surface area (Å²) in [4.78, 5) is 19.2. The predicted octanol–water partition coefficient (Wildman–Crippen LogP) is 4.20. The monoisotopic (exact) mass is 406 g/mol. The van der Waals surface area contributed by atoms with Crippen molar-refractivity contribution in [1.29, 1.82) is 0 Å². The first-order valence-corrected chi connectivity index (χ1v) is 10.1. The Morgan fingerprint density at radius 2 is 2.04 bits per heavy atom. The van der Waals surface area contributed by atoms with E-state index in [1.54, 1.807) is 23.6 Å². The highest BCUT2D eigenvalue weighted by atomic mass is 32.1. The first-order valence-electron chi connectivity index (χ1n) is 9.21. The van der Waals surface area contributed by atoms with E-state index in [4.69, 9.17) is 0 Å². The highest BCUT2D eigenvalue weighted by molar-refractivity contribution is 7.13. The van der Waals surface area contributed by atoms with E-state index in [-0.39, 0.29) is 23.4 Å². The molecule has 1 aliphatic carbocycles. The first-order chi connectivity index (χ1) is 13.4. The largest absolute Gasteiger partial charge is 0.433 e. The Balaban J connectivity index is 1.52. The number of carbonyl (C=O) groups excluding carboxylic acids is 1. The van der Waals surface area contributed by atoms with Gasteiger partial charge >= 0.3 is 6.18 Å². The lowest BCUT2D eigenvalue weighted by molar-refractivity contribution is -0.142. The molecular weight excluding hydrogens is 389 g/mol. The lowest BCUT2D eigenvalue weighted by Gasteiger charge is -2.15. The molecule has 2 aliphatic rings. The molecule has 2 fully saturated rings. The summed E-state index contributed by atoms with van der Waals surface area (Å²) < 4.78 is 41.8. The van der Waals surface area contributed by atoms with Crippen LogP contribution in [-0.2, 0) is 11.0 Å². The number of amides is 1. The first kappa shape index (κ1) is 17.7. The highest BCUT2D eigenvalue weighted by Crippen LogP contribution is 2.37. The molecule has 3 aromatic rings. The van der Waals surface area contributed by atoms with Crippen molar-refractivity contribution in [2.45, 2.75) is 31.4 Å². The van der Waals surface area contributed by atoms with Gasteiger partial charge in [0.25, 0.3) is 0 Å². The molecule has 3 aromatic heterocycles. The zero-order valence-electron chi connectivity index (χ0n) is 14.8. The van der Waals surface area contributed by atoms with Crippen LogP contribution in [0.15, 0.2) is 29.6 Å². The van der Waals surface area contributed by atoms with Crippen molar-refractivity contribution in [2.24, 2.45) is 5.92 Å². The molecule has 9 heteroatoms. The predicted molar refractivity (Wildman–Crippen MR) is 98.0 cm³/mol. The number of likely N-dealkylation sites (tertiary alicyclic amines) is 1. The topological polar surface area (TPSA) is 50.5 Å². The molecule has 28 heavy (non-hydrogen) atoms. The molecule has 0 aromatic carbocycles. The van der Waals surface area contributed by atoms with Crippen molar-refractivity contribution in [3.05, 3.63) is 41.0 Å². The molecule has 1 saturated carbocycles. The van der Waals surface area contributed by atoms with Gasteiger partial charge in [-0.15, -0.1) is 11.3 Å². The molecule has 146 valence electrons. The smallest absolute Gasteiger partial charge is 0.342 e. The van der Waals surface area contributed by atoms with Gasteiger partial charge < -0.3 is 4.90 Å². The number of halogens is 3. The molecule has 0 unspecified atom stereocenters. The Bertz CT molecular complexity index is 1040. The van der Waals surface area contributed by atoms with Crippen molar-refractivity contribution in [1.82, 2.24) is 19.5 Å². The molecule has 1 amide bonds. The third-order valence-corrected chi connectivity index (χ3v) is 6.25. The normalized spacial score (nSPS) is 20.2. The van der Waals surface area contributed by atoms with Crippen molar-refractivity contribution in [3.63, 3.8) is 0 Å². The van der Waals surface area contributed by atoms with E-state index < -0.39 is 11.9 Å². The van der Waals surface area contributed by atoms with Crippen molar-refractivity contribution in [2.75, 3.05) is 13.1 Å². The Labute approximate surface area is 162 Å². The summed E-state index contributed by atoms with van der Waals surface area (Å²) in [5, 5.41) is 6.04. The van der Waals surface area contributed by atoms with E-state index in [1.807, 2.05) is 4.90 Å². The van der Waals surface area contributed by atoms with Crippen LogP contribution in [-0.4, -0.2) is 38.5 Å². The fourth-order valence-corrected chi connectivity index (χ4v) is 4.42. The zero-order chi connectivity index (χ0) is 19.5. The maximum absolute atomic E-state index is 13.7. The van der Waals surface area contributed by atoms with Gasteiger partial charge in [0.15, 0.2) is 11.3 Å². The minimum atomic E-state index is -4.54. The van der Waals surface area contributed by atoms with Gasteiger partial charge in [-0.2, -0.15) is 18.3 Å². The van der Waals surface area contributed by atoms with Gasteiger partial charge in [-0.05, 0) is 36.8 Å². The number of nitrogens with zero attached hydrogens (tertiary/aromatic N) is 4. The number of carbonyl (C=O) groups is 1. The summed E-state index contributed by atoms with van der Waals surface area (Å²) >= 11 is 1.34. The van der Waals surface area contributed by atoms with E-state index in [0.717, 1.165) is 23.4 Å². The Hall–Kier alpha value is -2.42. The molecule has 0 spiro atoms. The van der Waals surface area contributed by atoms with Crippen LogP contribution in [0.2, 0.25) is 0 Å². The molecule has 1 atom stereocenters. The Morgan fingerprint density at radius 3 is 2.71 bits per heavy atom. The maximum Gasteiger partial charge on any atom is 0.433 e. The number of aromatic nitrogens is 3.